The smallest absolute Gasteiger partial charge is 0.272 e. The van der Waals surface area contributed by atoms with Crippen molar-refractivity contribution in [3.8, 4) is 0 Å². The summed E-state index contributed by atoms with van der Waals surface area (Å²) in [7, 11) is 0. The Morgan fingerprint density at radius 3 is 2.62 bits per heavy atom. The quantitative estimate of drug-likeness (QED) is 0.558. The number of hydrogen-bond acceptors (Lipinski definition) is 3. The molecule has 0 aliphatic heterocycles. The van der Waals surface area contributed by atoms with E-state index in [1.54, 1.807) is 13.0 Å². The number of nitrogens with two attached hydrogens (primary N) is 1. The number of nitrogens with zero attached hydrogens (tertiary/aromatic N) is 1. The lowest BCUT2D eigenvalue weighted by atomic mass is 10.0. The van der Waals surface area contributed by atoms with Gasteiger partial charge in [-0.25, -0.2) is 0 Å². The van der Waals surface area contributed by atoms with Crippen molar-refractivity contribution in [1.82, 2.24) is 0 Å². The molecule has 0 heterocycles. The molecule has 4 heteroatoms. The first-order valence-corrected chi connectivity index (χ1v) is 4.03. The average molecular weight is 180 g/mol. The summed E-state index contributed by atoms with van der Waals surface area (Å²) in [6.45, 7) is 3.53. The van der Waals surface area contributed by atoms with Crippen LogP contribution in [0.5, 0.6) is 0 Å². The minimum atomic E-state index is -0.388. The lowest BCUT2D eigenvalue weighted by Gasteiger charge is -2.08. The summed E-state index contributed by atoms with van der Waals surface area (Å²) in [4.78, 5) is 10.2. The molecule has 0 fully saturated rings. The van der Waals surface area contributed by atoms with Crippen LogP contribution in [-0.4, -0.2) is 4.92 Å². The Labute approximate surface area is 76.5 Å². The Morgan fingerprint density at radius 2 is 2.15 bits per heavy atom. The fourth-order valence-corrected chi connectivity index (χ4v) is 1.33. The SMILES string of the molecule is Cc1c([C@@H](C)N)cccc1[N+](=O)[O-]. The van der Waals surface area contributed by atoms with Crippen LogP contribution >= 0.6 is 0 Å². The molecule has 4 nitrogen and oxygen atoms in total. The lowest BCUT2D eigenvalue weighted by molar-refractivity contribution is -0.385. The van der Waals surface area contributed by atoms with Gasteiger partial charge in [0.2, 0.25) is 0 Å². The molecule has 0 unspecified atom stereocenters. The van der Waals surface area contributed by atoms with Crippen molar-refractivity contribution in [1.29, 1.82) is 0 Å². The van der Waals surface area contributed by atoms with Crippen LogP contribution in [-0.2, 0) is 0 Å². The van der Waals surface area contributed by atoms with E-state index in [-0.39, 0.29) is 16.7 Å². The second-order valence-corrected chi connectivity index (χ2v) is 3.04. The summed E-state index contributed by atoms with van der Waals surface area (Å²) in [5, 5.41) is 10.6. The van der Waals surface area contributed by atoms with Crippen LogP contribution < -0.4 is 5.73 Å². The van der Waals surface area contributed by atoms with E-state index in [9.17, 15) is 10.1 Å². The van der Waals surface area contributed by atoms with Gasteiger partial charge in [0.1, 0.15) is 0 Å². The van der Waals surface area contributed by atoms with Crippen LogP contribution in [0, 0.1) is 17.0 Å². The van der Waals surface area contributed by atoms with Crippen LogP contribution in [0.2, 0.25) is 0 Å². The highest BCUT2D eigenvalue weighted by Gasteiger charge is 2.14. The molecule has 0 amide bonds. The minimum Gasteiger partial charge on any atom is -0.324 e. The fraction of sp³-hybridized carbons (Fsp3) is 0.333. The van der Waals surface area contributed by atoms with E-state index in [2.05, 4.69) is 0 Å². The van der Waals surface area contributed by atoms with Gasteiger partial charge in [-0.1, -0.05) is 12.1 Å². The highest BCUT2D eigenvalue weighted by Crippen LogP contribution is 2.24. The van der Waals surface area contributed by atoms with E-state index in [1.807, 2.05) is 13.0 Å². The van der Waals surface area contributed by atoms with E-state index in [4.69, 9.17) is 5.73 Å². The third kappa shape index (κ3) is 1.84. The molecule has 0 aliphatic carbocycles. The average Bonchev–Trinajstić information content (AvgIpc) is 2.03. The summed E-state index contributed by atoms with van der Waals surface area (Å²) in [5.74, 6) is 0. The first kappa shape index (κ1) is 9.67. The van der Waals surface area contributed by atoms with Gasteiger partial charge in [-0.15, -0.1) is 0 Å². The zero-order valence-electron chi connectivity index (χ0n) is 7.65. The largest absolute Gasteiger partial charge is 0.324 e. The van der Waals surface area contributed by atoms with Gasteiger partial charge >= 0.3 is 0 Å². The Morgan fingerprint density at radius 1 is 1.54 bits per heavy atom. The Kier molecular flexibility index (Phi) is 2.63. The molecule has 0 spiro atoms. The Balaban J connectivity index is 3.26. The number of rotatable bonds is 2. The number of hydrogen-bond donors (Lipinski definition) is 1. The fourth-order valence-electron chi connectivity index (χ4n) is 1.33. The molecule has 0 saturated carbocycles. The van der Waals surface area contributed by atoms with Crippen molar-refractivity contribution >= 4 is 5.69 Å². The monoisotopic (exact) mass is 180 g/mol. The molecule has 0 saturated heterocycles. The maximum Gasteiger partial charge on any atom is 0.272 e. The van der Waals surface area contributed by atoms with Gasteiger partial charge in [-0.3, -0.25) is 10.1 Å². The van der Waals surface area contributed by atoms with Gasteiger partial charge in [0, 0.05) is 17.7 Å². The number of benzene rings is 1. The predicted molar refractivity (Wildman–Crippen MR) is 50.4 cm³/mol. The van der Waals surface area contributed by atoms with Crippen molar-refractivity contribution < 1.29 is 4.92 Å². The zero-order chi connectivity index (χ0) is 10.0. The Bertz CT molecular complexity index is 334. The van der Waals surface area contributed by atoms with Crippen LogP contribution in [0.4, 0.5) is 5.69 Å². The topological polar surface area (TPSA) is 69.2 Å². The molecule has 0 aromatic heterocycles. The summed E-state index contributed by atoms with van der Waals surface area (Å²) in [6, 6.07) is 4.79. The number of nitro benzene ring substituents is 1. The van der Waals surface area contributed by atoms with Crippen LogP contribution in [0.15, 0.2) is 18.2 Å². The minimum absolute atomic E-state index is 0.134. The molecule has 0 radical (unpaired) electrons. The molecule has 1 aromatic rings. The molecule has 70 valence electrons. The molecule has 1 aromatic carbocycles. The summed E-state index contributed by atoms with van der Waals surface area (Å²) in [5.41, 5.74) is 7.28. The van der Waals surface area contributed by atoms with E-state index >= 15 is 0 Å². The molecule has 0 bridgehead atoms. The van der Waals surface area contributed by atoms with Gasteiger partial charge in [0.25, 0.3) is 5.69 Å². The molecular weight excluding hydrogens is 168 g/mol. The molecule has 1 rings (SSSR count). The summed E-state index contributed by atoms with van der Waals surface area (Å²) < 4.78 is 0. The third-order valence-corrected chi connectivity index (χ3v) is 2.03. The normalized spacial score (nSPS) is 12.5. The number of nitro groups is 1. The standard InChI is InChI=1S/C9H12N2O2/c1-6-8(7(2)10)4-3-5-9(6)11(12)13/h3-5,7H,10H2,1-2H3/t7-/m1/s1. The van der Waals surface area contributed by atoms with Gasteiger partial charge in [0.15, 0.2) is 0 Å². The maximum absolute atomic E-state index is 10.6. The predicted octanol–water partition coefficient (Wildman–Crippen LogP) is 1.92. The molecule has 2 N–H and O–H groups in total. The van der Waals surface area contributed by atoms with Crippen molar-refractivity contribution in [2.75, 3.05) is 0 Å². The van der Waals surface area contributed by atoms with Crippen LogP contribution in [0.25, 0.3) is 0 Å². The van der Waals surface area contributed by atoms with Gasteiger partial charge in [-0.05, 0) is 19.4 Å². The summed E-state index contributed by atoms with van der Waals surface area (Å²) >= 11 is 0. The van der Waals surface area contributed by atoms with E-state index < -0.39 is 0 Å². The van der Waals surface area contributed by atoms with Crippen molar-refractivity contribution in [3.05, 3.63) is 39.4 Å². The van der Waals surface area contributed by atoms with Crippen molar-refractivity contribution in [2.45, 2.75) is 19.9 Å². The van der Waals surface area contributed by atoms with Crippen LogP contribution in [0.1, 0.15) is 24.1 Å². The first-order valence-electron chi connectivity index (χ1n) is 4.03. The summed E-state index contributed by atoms with van der Waals surface area (Å²) in [6.07, 6.45) is 0. The van der Waals surface area contributed by atoms with Gasteiger partial charge < -0.3 is 5.73 Å². The molecule has 0 aliphatic rings. The second kappa shape index (κ2) is 3.53. The van der Waals surface area contributed by atoms with Gasteiger partial charge in [-0.2, -0.15) is 0 Å². The molecule has 13 heavy (non-hydrogen) atoms. The zero-order valence-corrected chi connectivity index (χ0v) is 7.65. The molecular formula is C9H12N2O2. The lowest BCUT2D eigenvalue weighted by Crippen LogP contribution is -2.08. The van der Waals surface area contributed by atoms with Crippen molar-refractivity contribution in [3.63, 3.8) is 0 Å². The van der Waals surface area contributed by atoms with E-state index in [1.165, 1.54) is 6.07 Å². The third-order valence-electron chi connectivity index (χ3n) is 2.03. The highest BCUT2D eigenvalue weighted by molar-refractivity contribution is 5.45. The Hall–Kier alpha value is -1.42. The second-order valence-electron chi connectivity index (χ2n) is 3.04. The highest BCUT2D eigenvalue weighted by atomic mass is 16.6. The molecule has 1 atom stereocenters. The van der Waals surface area contributed by atoms with Gasteiger partial charge in [0.05, 0.1) is 4.92 Å². The van der Waals surface area contributed by atoms with Crippen LogP contribution in [0.3, 0.4) is 0 Å². The maximum atomic E-state index is 10.6. The van der Waals surface area contributed by atoms with E-state index in [0.717, 1.165) is 5.56 Å². The van der Waals surface area contributed by atoms with Crippen molar-refractivity contribution in [2.24, 2.45) is 5.73 Å². The van der Waals surface area contributed by atoms with E-state index in [0.29, 0.717) is 5.56 Å². The first-order chi connectivity index (χ1) is 6.04.